The Morgan fingerprint density at radius 2 is 1.24 bits per heavy atom. The van der Waals surface area contributed by atoms with Crippen LogP contribution in [0.4, 0.5) is 0 Å². The highest BCUT2D eigenvalue weighted by atomic mass is 16.5. The largest absolute Gasteiger partial charge is 0.492 e. The van der Waals surface area contributed by atoms with Crippen molar-refractivity contribution >= 4 is 21.5 Å². The van der Waals surface area contributed by atoms with Gasteiger partial charge in [-0.15, -0.1) is 0 Å². The van der Waals surface area contributed by atoms with Gasteiger partial charge in [-0.1, -0.05) is 83.9 Å². The molecule has 29 heavy (non-hydrogen) atoms. The molecule has 3 rings (SSSR count). The van der Waals surface area contributed by atoms with Gasteiger partial charge in [0.05, 0.1) is 13.2 Å². The lowest BCUT2D eigenvalue weighted by atomic mass is 9.97. The van der Waals surface area contributed by atoms with Crippen molar-refractivity contribution in [1.82, 2.24) is 0 Å². The summed E-state index contributed by atoms with van der Waals surface area (Å²) >= 11 is 0. The molecule has 0 N–H and O–H groups in total. The monoisotopic (exact) mass is 392 g/mol. The van der Waals surface area contributed by atoms with Gasteiger partial charge in [-0.25, -0.2) is 0 Å². The quantitative estimate of drug-likeness (QED) is 0.259. The molecule has 0 radical (unpaired) electrons. The first kappa shape index (κ1) is 21.5. The van der Waals surface area contributed by atoms with Crippen LogP contribution in [-0.4, -0.2) is 13.2 Å². The molecule has 0 saturated carbocycles. The average Bonchev–Trinajstić information content (AvgIpc) is 2.70. The molecule has 0 atom stereocenters. The third-order valence-corrected chi connectivity index (χ3v) is 5.18. The lowest BCUT2D eigenvalue weighted by Crippen LogP contribution is -2.08. The van der Waals surface area contributed by atoms with Gasteiger partial charge < -0.3 is 9.47 Å². The van der Waals surface area contributed by atoms with E-state index in [-0.39, 0.29) is 0 Å². The number of rotatable bonds is 10. The summed E-state index contributed by atoms with van der Waals surface area (Å²) < 4.78 is 12.8. The number of hydrogen-bond acceptors (Lipinski definition) is 2. The molecular weight excluding hydrogens is 356 g/mol. The van der Waals surface area contributed by atoms with E-state index >= 15 is 0 Å². The van der Waals surface area contributed by atoms with E-state index in [1.165, 1.54) is 30.2 Å². The van der Waals surface area contributed by atoms with E-state index in [0.717, 1.165) is 34.1 Å². The van der Waals surface area contributed by atoms with Gasteiger partial charge in [0.15, 0.2) is 0 Å². The van der Waals surface area contributed by atoms with Crippen LogP contribution < -0.4 is 9.47 Å². The van der Waals surface area contributed by atoms with Crippen LogP contribution in [0.2, 0.25) is 0 Å². The van der Waals surface area contributed by atoms with Crippen LogP contribution in [0.3, 0.4) is 0 Å². The van der Waals surface area contributed by atoms with Crippen LogP contribution in [-0.2, 0) is 6.42 Å². The number of aryl methyl sites for hydroxylation is 1. The fourth-order valence-electron chi connectivity index (χ4n) is 3.69. The van der Waals surface area contributed by atoms with Gasteiger partial charge in [-0.2, -0.15) is 0 Å². The minimum absolute atomic E-state index is 0.480. The Kier molecular flexibility index (Phi) is 7.41. The van der Waals surface area contributed by atoms with Crippen molar-refractivity contribution in [3.8, 4) is 11.5 Å². The maximum Gasteiger partial charge on any atom is 0.135 e. The van der Waals surface area contributed by atoms with E-state index < -0.39 is 0 Å². The maximum atomic E-state index is 6.40. The zero-order valence-electron chi connectivity index (χ0n) is 18.8. The molecule has 0 aromatic heterocycles. The third-order valence-electron chi connectivity index (χ3n) is 5.18. The first-order chi connectivity index (χ1) is 14.0. The fourth-order valence-corrected chi connectivity index (χ4v) is 3.69. The topological polar surface area (TPSA) is 18.5 Å². The molecule has 0 aliphatic heterocycles. The van der Waals surface area contributed by atoms with Gasteiger partial charge in [0, 0.05) is 21.5 Å². The summed E-state index contributed by atoms with van der Waals surface area (Å²) in [6.45, 7) is 12.5. The summed E-state index contributed by atoms with van der Waals surface area (Å²) in [6, 6.07) is 15.3. The van der Waals surface area contributed by atoms with Crippen molar-refractivity contribution in [1.29, 1.82) is 0 Å². The summed E-state index contributed by atoms with van der Waals surface area (Å²) in [5.41, 5.74) is 1.38. The molecule has 3 aromatic rings. The van der Waals surface area contributed by atoms with Crippen molar-refractivity contribution < 1.29 is 9.47 Å². The Morgan fingerprint density at radius 1 is 0.690 bits per heavy atom. The summed E-state index contributed by atoms with van der Waals surface area (Å²) in [5.74, 6) is 2.95. The molecule has 0 heterocycles. The Hall–Kier alpha value is -2.22. The van der Waals surface area contributed by atoms with Gasteiger partial charge >= 0.3 is 0 Å². The molecule has 0 aliphatic rings. The SMILES string of the molecule is CCCCCc1ccc2c(OCC(C)C)c3ccccc3c(OCC(C)C)c2c1. The van der Waals surface area contributed by atoms with E-state index in [2.05, 4.69) is 77.1 Å². The summed E-state index contributed by atoms with van der Waals surface area (Å²) in [5, 5.41) is 4.61. The van der Waals surface area contributed by atoms with Crippen molar-refractivity contribution in [3.05, 3.63) is 48.0 Å². The predicted molar refractivity (Wildman–Crippen MR) is 125 cm³/mol. The zero-order chi connectivity index (χ0) is 20.8. The van der Waals surface area contributed by atoms with Gasteiger partial charge in [-0.05, 0) is 36.3 Å². The van der Waals surface area contributed by atoms with Gasteiger partial charge in [-0.3, -0.25) is 0 Å². The van der Waals surface area contributed by atoms with E-state index in [0.29, 0.717) is 25.0 Å². The molecule has 2 nitrogen and oxygen atoms in total. The molecule has 0 saturated heterocycles. The van der Waals surface area contributed by atoms with E-state index in [1.54, 1.807) is 0 Å². The number of benzene rings is 3. The van der Waals surface area contributed by atoms with E-state index in [4.69, 9.17) is 9.47 Å². The predicted octanol–water partition coefficient (Wildman–Crippen LogP) is 7.80. The third kappa shape index (κ3) is 5.23. The lowest BCUT2D eigenvalue weighted by molar-refractivity contribution is 0.273. The molecule has 2 heteroatoms. The first-order valence-electron chi connectivity index (χ1n) is 11.2. The minimum Gasteiger partial charge on any atom is -0.492 e. The number of unbranched alkanes of at least 4 members (excludes halogenated alkanes) is 2. The standard InChI is InChI=1S/C27H36O2/c1-6-7-8-11-21-14-15-24-25(16-21)27(29-18-20(4)5)23-13-10-9-12-22(23)26(24)28-17-19(2)3/h9-10,12-16,19-20H,6-8,11,17-18H2,1-5H3. The van der Waals surface area contributed by atoms with Crippen molar-refractivity contribution in [2.24, 2.45) is 11.8 Å². The summed E-state index contributed by atoms with van der Waals surface area (Å²) in [7, 11) is 0. The van der Waals surface area contributed by atoms with Gasteiger partial charge in [0.25, 0.3) is 0 Å². The highest BCUT2D eigenvalue weighted by Gasteiger charge is 2.17. The second kappa shape index (κ2) is 10.0. The molecule has 0 spiro atoms. The van der Waals surface area contributed by atoms with Crippen LogP contribution >= 0.6 is 0 Å². The van der Waals surface area contributed by atoms with Crippen LogP contribution in [0.25, 0.3) is 21.5 Å². The van der Waals surface area contributed by atoms with Crippen LogP contribution in [0.15, 0.2) is 42.5 Å². The molecule has 0 amide bonds. The number of hydrogen-bond donors (Lipinski definition) is 0. The normalized spacial score (nSPS) is 11.7. The average molecular weight is 393 g/mol. The second-order valence-corrected chi connectivity index (χ2v) is 8.95. The smallest absolute Gasteiger partial charge is 0.135 e. The van der Waals surface area contributed by atoms with Crippen LogP contribution in [0, 0.1) is 11.8 Å². The van der Waals surface area contributed by atoms with Crippen molar-refractivity contribution in [3.63, 3.8) is 0 Å². The molecule has 0 fully saturated rings. The van der Waals surface area contributed by atoms with Crippen LogP contribution in [0.1, 0.15) is 59.4 Å². The molecule has 0 bridgehead atoms. The summed E-state index contributed by atoms with van der Waals surface area (Å²) in [6.07, 6.45) is 4.86. The molecular formula is C27H36O2. The lowest BCUT2D eigenvalue weighted by Gasteiger charge is -2.20. The number of ether oxygens (including phenoxy) is 2. The Balaban J connectivity index is 2.18. The molecule has 0 unspecified atom stereocenters. The molecule has 156 valence electrons. The zero-order valence-corrected chi connectivity index (χ0v) is 18.8. The van der Waals surface area contributed by atoms with Crippen molar-refractivity contribution in [2.75, 3.05) is 13.2 Å². The molecule has 3 aromatic carbocycles. The Labute approximate surface area is 176 Å². The number of fused-ring (bicyclic) bond motifs is 2. The molecule has 0 aliphatic carbocycles. The van der Waals surface area contributed by atoms with Crippen LogP contribution in [0.5, 0.6) is 11.5 Å². The highest BCUT2D eigenvalue weighted by Crippen LogP contribution is 2.43. The van der Waals surface area contributed by atoms with Crippen molar-refractivity contribution in [2.45, 2.75) is 60.3 Å². The minimum atomic E-state index is 0.480. The summed E-state index contributed by atoms with van der Waals surface area (Å²) in [4.78, 5) is 0. The maximum absolute atomic E-state index is 6.40. The van der Waals surface area contributed by atoms with E-state index in [9.17, 15) is 0 Å². The van der Waals surface area contributed by atoms with Gasteiger partial charge in [0.2, 0.25) is 0 Å². The van der Waals surface area contributed by atoms with Gasteiger partial charge in [0.1, 0.15) is 11.5 Å². The Bertz CT molecular complexity index is 940. The first-order valence-corrected chi connectivity index (χ1v) is 11.2. The second-order valence-electron chi connectivity index (χ2n) is 8.95. The van der Waals surface area contributed by atoms with E-state index in [1.807, 2.05) is 0 Å². The highest BCUT2D eigenvalue weighted by molar-refractivity contribution is 6.11. The Morgan fingerprint density at radius 3 is 1.79 bits per heavy atom. The fraction of sp³-hybridized carbons (Fsp3) is 0.481.